The van der Waals surface area contributed by atoms with Gasteiger partial charge in [-0.3, -0.25) is 4.79 Å². The van der Waals surface area contributed by atoms with E-state index >= 15 is 0 Å². The zero-order valence-corrected chi connectivity index (χ0v) is 13.3. The van der Waals surface area contributed by atoms with Crippen LogP contribution < -0.4 is 0 Å². The van der Waals surface area contributed by atoms with Gasteiger partial charge in [0.25, 0.3) is 0 Å². The van der Waals surface area contributed by atoms with Gasteiger partial charge >= 0.3 is 11.9 Å². The van der Waals surface area contributed by atoms with Crippen molar-refractivity contribution in [2.75, 3.05) is 19.8 Å². The quantitative estimate of drug-likeness (QED) is 0.370. The number of hydrogen-bond donors (Lipinski definition) is 1. The van der Waals surface area contributed by atoms with Crippen molar-refractivity contribution in [2.45, 2.75) is 71.1 Å². The average Bonchev–Trinajstić information content (AvgIpc) is 2.45. The number of rotatable bonds is 15. The molecule has 0 aliphatic carbocycles. The van der Waals surface area contributed by atoms with Crippen LogP contribution in [0.1, 0.15) is 71.1 Å². The third-order valence-electron chi connectivity index (χ3n) is 3.20. The molecule has 0 fully saturated rings. The Hall–Kier alpha value is -1.10. The van der Waals surface area contributed by atoms with Crippen LogP contribution in [0.15, 0.2) is 0 Å². The molecule has 0 aromatic heterocycles. The highest BCUT2D eigenvalue weighted by molar-refractivity contribution is 5.69. The first-order valence-corrected chi connectivity index (χ1v) is 8.12. The summed E-state index contributed by atoms with van der Waals surface area (Å²) in [6.07, 6.45) is 11.4. The minimum Gasteiger partial charge on any atom is -0.480 e. The summed E-state index contributed by atoms with van der Waals surface area (Å²) in [6.45, 7) is 2.13. The molecular formula is C16H30O5. The first kappa shape index (κ1) is 19.9. The molecule has 5 heteroatoms. The number of hydrogen-bond acceptors (Lipinski definition) is 4. The van der Waals surface area contributed by atoms with Crippen LogP contribution in [0.4, 0.5) is 0 Å². The van der Waals surface area contributed by atoms with E-state index in [9.17, 15) is 9.59 Å². The Bertz CT molecular complexity index is 265. The molecule has 1 N–H and O–H groups in total. The van der Waals surface area contributed by atoms with Gasteiger partial charge in [-0.2, -0.15) is 0 Å². The van der Waals surface area contributed by atoms with Crippen molar-refractivity contribution in [3.05, 3.63) is 0 Å². The van der Waals surface area contributed by atoms with Crippen LogP contribution in [0.5, 0.6) is 0 Å². The average molecular weight is 302 g/mol. The zero-order chi connectivity index (χ0) is 15.8. The van der Waals surface area contributed by atoms with Gasteiger partial charge in [0.2, 0.25) is 0 Å². The van der Waals surface area contributed by atoms with Crippen molar-refractivity contribution >= 4 is 11.9 Å². The molecule has 0 amide bonds. The van der Waals surface area contributed by atoms with Crippen LogP contribution in [-0.4, -0.2) is 36.9 Å². The molecule has 0 saturated carbocycles. The molecule has 0 saturated heterocycles. The Labute approximate surface area is 128 Å². The summed E-state index contributed by atoms with van der Waals surface area (Å²) in [5.41, 5.74) is 0. The van der Waals surface area contributed by atoms with Gasteiger partial charge in [0.1, 0.15) is 13.2 Å². The monoisotopic (exact) mass is 302 g/mol. The topological polar surface area (TPSA) is 72.8 Å². The third kappa shape index (κ3) is 16.8. The predicted octanol–water partition coefficient (Wildman–Crippen LogP) is 3.55. The zero-order valence-electron chi connectivity index (χ0n) is 13.3. The fourth-order valence-electron chi connectivity index (χ4n) is 2.03. The Kier molecular flexibility index (Phi) is 14.5. The molecule has 0 heterocycles. The number of aliphatic carboxylic acids is 1. The Morgan fingerprint density at radius 3 is 2.00 bits per heavy atom. The largest absolute Gasteiger partial charge is 0.480 e. The van der Waals surface area contributed by atoms with E-state index in [2.05, 4.69) is 6.92 Å². The first-order valence-electron chi connectivity index (χ1n) is 8.12. The minimum atomic E-state index is -1.02. The summed E-state index contributed by atoms with van der Waals surface area (Å²) >= 11 is 0. The van der Waals surface area contributed by atoms with Crippen LogP contribution in [-0.2, 0) is 19.1 Å². The number of ether oxygens (including phenoxy) is 2. The highest BCUT2D eigenvalue weighted by Crippen LogP contribution is 2.10. The fourth-order valence-corrected chi connectivity index (χ4v) is 2.03. The van der Waals surface area contributed by atoms with Crippen molar-refractivity contribution < 1.29 is 24.2 Å². The lowest BCUT2D eigenvalue weighted by Crippen LogP contribution is -2.14. The number of esters is 1. The van der Waals surface area contributed by atoms with E-state index in [0.29, 0.717) is 6.42 Å². The SMILES string of the molecule is CCCCCCCCCCCC(=O)OCCOCC(=O)O. The van der Waals surface area contributed by atoms with Gasteiger partial charge in [-0.05, 0) is 6.42 Å². The second kappa shape index (κ2) is 15.3. The van der Waals surface area contributed by atoms with E-state index in [1.807, 2.05) is 0 Å². The Morgan fingerprint density at radius 2 is 1.43 bits per heavy atom. The molecule has 0 aromatic rings. The Morgan fingerprint density at radius 1 is 0.857 bits per heavy atom. The number of carbonyl (C=O) groups excluding carboxylic acids is 1. The summed E-state index contributed by atoms with van der Waals surface area (Å²) in [4.78, 5) is 21.5. The highest BCUT2D eigenvalue weighted by atomic mass is 16.6. The van der Waals surface area contributed by atoms with Crippen molar-refractivity contribution in [1.82, 2.24) is 0 Å². The van der Waals surface area contributed by atoms with E-state index in [-0.39, 0.29) is 25.8 Å². The molecule has 124 valence electrons. The molecule has 21 heavy (non-hydrogen) atoms. The summed E-state index contributed by atoms with van der Waals surface area (Å²) in [5.74, 6) is -1.24. The lowest BCUT2D eigenvalue weighted by Gasteiger charge is -2.05. The maximum atomic E-state index is 11.4. The number of carboxylic acid groups (broad SMARTS) is 1. The number of carbonyl (C=O) groups is 2. The van der Waals surface area contributed by atoms with Crippen molar-refractivity contribution in [2.24, 2.45) is 0 Å². The standard InChI is InChI=1S/C16H30O5/c1-2-3-4-5-6-7-8-9-10-11-16(19)21-13-12-20-14-15(17)18/h2-14H2,1H3,(H,17,18). The predicted molar refractivity (Wildman–Crippen MR) is 81.3 cm³/mol. The van der Waals surface area contributed by atoms with E-state index < -0.39 is 5.97 Å². The van der Waals surface area contributed by atoms with Crippen LogP contribution in [0.3, 0.4) is 0 Å². The van der Waals surface area contributed by atoms with E-state index in [0.717, 1.165) is 12.8 Å². The summed E-state index contributed by atoms with van der Waals surface area (Å²) < 4.78 is 9.71. The maximum absolute atomic E-state index is 11.4. The van der Waals surface area contributed by atoms with Gasteiger partial charge < -0.3 is 14.6 Å². The highest BCUT2D eigenvalue weighted by Gasteiger charge is 2.03. The summed E-state index contributed by atoms with van der Waals surface area (Å²) in [6, 6.07) is 0. The van der Waals surface area contributed by atoms with Gasteiger partial charge in [0.05, 0.1) is 6.61 Å². The molecule has 5 nitrogen and oxygen atoms in total. The molecule has 0 aliphatic heterocycles. The normalized spacial score (nSPS) is 10.5. The fraction of sp³-hybridized carbons (Fsp3) is 0.875. The molecule has 0 unspecified atom stereocenters. The van der Waals surface area contributed by atoms with Gasteiger partial charge in [-0.1, -0.05) is 58.3 Å². The van der Waals surface area contributed by atoms with E-state index in [1.54, 1.807) is 0 Å². The lowest BCUT2D eigenvalue weighted by molar-refractivity contribution is -0.147. The molecule has 0 rings (SSSR count). The summed E-state index contributed by atoms with van der Waals surface area (Å²) in [5, 5.41) is 8.34. The van der Waals surface area contributed by atoms with Crippen molar-refractivity contribution in [3.8, 4) is 0 Å². The molecular weight excluding hydrogens is 272 g/mol. The van der Waals surface area contributed by atoms with Gasteiger partial charge in [-0.25, -0.2) is 4.79 Å². The van der Waals surface area contributed by atoms with Crippen LogP contribution in [0.25, 0.3) is 0 Å². The molecule has 0 aliphatic rings. The molecule has 0 aromatic carbocycles. The van der Waals surface area contributed by atoms with Crippen molar-refractivity contribution in [1.29, 1.82) is 0 Å². The third-order valence-corrected chi connectivity index (χ3v) is 3.20. The number of carboxylic acids is 1. The molecule has 0 atom stereocenters. The summed E-state index contributed by atoms with van der Waals surface area (Å²) in [7, 11) is 0. The smallest absolute Gasteiger partial charge is 0.329 e. The van der Waals surface area contributed by atoms with Gasteiger partial charge in [0, 0.05) is 6.42 Å². The second-order valence-corrected chi connectivity index (χ2v) is 5.25. The van der Waals surface area contributed by atoms with E-state index in [1.165, 1.54) is 44.9 Å². The van der Waals surface area contributed by atoms with E-state index in [4.69, 9.17) is 14.6 Å². The second-order valence-electron chi connectivity index (χ2n) is 5.25. The van der Waals surface area contributed by atoms with Crippen molar-refractivity contribution in [3.63, 3.8) is 0 Å². The maximum Gasteiger partial charge on any atom is 0.329 e. The Balaban J connectivity index is 3.17. The van der Waals surface area contributed by atoms with Crippen LogP contribution >= 0.6 is 0 Å². The van der Waals surface area contributed by atoms with Crippen LogP contribution in [0, 0.1) is 0 Å². The first-order chi connectivity index (χ1) is 10.2. The van der Waals surface area contributed by atoms with Gasteiger partial charge in [0.15, 0.2) is 0 Å². The van der Waals surface area contributed by atoms with Gasteiger partial charge in [-0.15, -0.1) is 0 Å². The van der Waals surface area contributed by atoms with Crippen LogP contribution in [0.2, 0.25) is 0 Å². The molecule has 0 radical (unpaired) electrons. The molecule has 0 spiro atoms. The number of unbranched alkanes of at least 4 members (excludes halogenated alkanes) is 8. The lowest BCUT2D eigenvalue weighted by atomic mass is 10.1. The minimum absolute atomic E-state index is 0.129. The molecule has 0 bridgehead atoms.